The fourth-order valence-electron chi connectivity index (χ4n) is 4.89. The molecule has 2 saturated heterocycles. The lowest BCUT2D eigenvalue weighted by atomic mass is 9.95. The number of likely N-dealkylation sites (tertiary alicyclic amines) is 1. The minimum absolute atomic E-state index is 0.00366. The monoisotopic (exact) mass is 477 g/mol. The lowest BCUT2D eigenvalue weighted by Gasteiger charge is -2.44. The Labute approximate surface area is 207 Å². The van der Waals surface area contributed by atoms with Crippen molar-refractivity contribution in [2.45, 2.75) is 64.8 Å². The van der Waals surface area contributed by atoms with E-state index >= 15 is 0 Å². The highest BCUT2D eigenvalue weighted by Crippen LogP contribution is 2.39. The van der Waals surface area contributed by atoms with E-state index in [9.17, 15) is 14.4 Å². The van der Waals surface area contributed by atoms with Crippen LogP contribution in [0, 0.1) is 13.8 Å². The first-order valence-electron chi connectivity index (χ1n) is 12.5. The predicted octanol–water partition coefficient (Wildman–Crippen LogP) is 3.69. The van der Waals surface area contributed by atoms with Gasteiger partial charge < -0.3 is 15.0 Å². The zero-order chi connectivity index (χ0) is 25.2. The van der Waals surface area contributed by atoms with Crippen LogP contribution in [0.25, 0.3) is 0 Å². The van der Waals surface area contributed by atoms with E-state index in [1.165, 1.54) is 0 Å². The summed E-state index contributed by atoms with van der Waals surface area (Å²) in [5.74, 6) is -0.431. The van der Waals surface area contributed by atoms with E-state index in [2.05, 4.69) is 5.32 Å². The van der Waals surface area contributed by atoms with Gasteiger partial charge in [0.25, 0.3) is 11.8 Å². The number of amides is 3. The average Bonchev–Trinajstić information content (AvgIpc) is 3.23. The molecular formula is C28H35N3O4. The fourth-order valence-corrected chi connectivity index (χ4v) is 4.89. The van der Waals surface area contributed by atoms with Crippen LogP contribution in [0.3, 0.4) is 0 Å². The van der Waals surface area contributed by atoms with Gasteiger partial charge in [0.2, 0.25) is 5.91 Å². The molecule has 2 aromatic carbocycles. The Kier molecular flexibility index (Phi) is 7.26. The van der Waals surface area contributed by atoms with Crippen LogP contribution in [0.4, 0.5) is 0 Å². The molecule has 7 nitrogen and oxygen atoms in total. The van der Waals surface area contributed by atoms with Gasteiger partial charge in [-0.2, -0.15) is 0 Å². The number of carbonyl (C=O) groups is 3. The standard InChI is InChI=1S/C28H35N3O4/c1-5-21(4)29-25(32)24-18-35-28(31(24)26(33)22-12-10-19(2)11-13-22)14-16-30(17-15-28)27(34)23-9-7-6-8-20(23)3/h6-13,21,24H,5,14-18H2,1-4H3,(H,29,32)/t21-,24-/m1/s1. The molecule has 2 fully saturated rings. The molecule has 0 radical (unpaired) electrons. The summed E-state index contributed by atoms with van der Waals surface area (Å²) in [5.41, 5.74) is 2.30. The van der Waals surface area contributed by atoms with Crippen molar-refractivity contribution in [3.63, 3.8) is 0 Å². The van der Waals surface area contributed by atoms with Crippen molar-refractivity contribution in [3.8, 4) is 0 Å². The summed E-state index contributed by atoms with van der Waals surface area (Å²) in [5, 5.41) is 3.02. The van der Waals surface area contributed by atoms with Crippen molar-refractivity contribution in [3.05, 3.63) is 70.8 Å². The number of piperidine rings is 1. The van der Waals surface area contributed by atoms with Crippen LogP contribution in [0.2, 0.25) is 0 Å². The topological polar surface area (TPSA) is 79.0 Å². The van der Waals surface area contributed by atoms with E-state index in [0.29, 0.717) is 37.1 Å². The van der Waals surface area contributed by atoms with Crippen LogP contribution >= 0.6 is 0 Å². The summed E-state index contributed by atoms with van der Waals surface area (Å²) in [6.07, 6.45) is 1.71. The number of hydrogen-bond acceptors (Lipinski definition) is 4. The number of nitrogens with one attached hydrogen (secondary N) is 1. The summed E-state index contributed by atoms with van der Waals surface area (Å²) in [4.78, 5) is 43.6. The second kappa shape index (κ2) is 10.2. The van der Waals surface area contributed by atoms with Crippen LogP contribution < -0.4 is 5.32 Å². The minimum Gasteiger partial charge on any atom is -0.353 e. The number of aryl methyl sites for hydroxylation is 2. The molecule has 2 aromatic rings. The third kappa shape index (κ3) is 4.96. The van der Waals surface area contributed by atoms with E-state index in [1.807, 2.05) is 69.0 Å². The largest absolute Gasteiger partial charge is 0.353 e. The Bertz CT molecular complexity index is 1090. The first-order chi connectivity index (χ1) is 16.8. The summed E-state index contributed by atoms with van der Waals surface area (Å²) in [6, 6.07) is 14.2. The molecule has 2 aliphatic heterocycles. The maximum Gasteiger partial charge on any atom is 0.256 e. The molecule has 7 heteroatoms. The molecule has 4 rings (SSSR count). The first-order valence-corrected chi connectivity index (χ1v) is 12.5. The van der Waals surface area contributed by atoms with E-state index < -0.39 is 11.8 Å². The highest BCUT2D eigenvalue weighted by molar-refractivity contribution is 5.99. The summed E-state index contributed by atoms with van der Waals surface area (Å²) >= 11 is 0. The van der Waals surface area contributed by atoms with Crippen LogP contribution in [0.15, 0.2) is 48.5 Å². The van der Waals surface area contributed by atoms with Gasteiger partial charge in [0.1, 0.15) is 11.8 Å². The molecule has 2 atom stereocenters. The van der Waals surface area contributed by atoms with Gasteiger partial charge in [-0.1, -0.05) is 42.8 Å². The summed E-state index contributed by atoms with van der Waals surface area (Å²) in [6.45, 7) is 8.90. The Morgan fingerprint density at radius 3 is 2.31 bits per heavy atom. The highest BCUT2D eigenvalue weighted by atomic mass is 16.5. The van der Waals surface area contributed by atoms with Gasteiger partial charge in [-0.15, -0.1) is 0 Å². The van der Waals surface area contributed by atoms with Crippen molar-refractivity contribution >= 4 is 17.7 Å². The minimum atomic E-state index is -0.915. The quantitative estimate of drug-likeness (QED) is 0.712. The van der Waals surface area contributed by atoms with E-state index in [0.717, 1.165) is 17.5 Å². The third-order valence-corrected chi connectivity index (χ3v) is 7.29. The Hall–Kier alpha value is -3.19. The second-order valence-corrected chi connectivity index (χ2v) is 9.74. The molecule has 1 spiro atoms. The number of ether oxygens (including phenoxy) is 1. The number of benzene rings is 2. The maximum atomic E-state index is 13.8. The lowest BCUT2D eigenvalue weighted by Crippen LogP contribution is -2.60. The van der Waals surface area contributed by atoms with Gasteiger partial charge in [-0.05, 0) is 51.0 Å². The molecule has 0 saturated carbocycles. The van der Waals surface area contributed by atoms with E-state index in [-0.39, 0.29) is 30.4 Å². The number of hydrogen-bond donors (Lipinski definition) is 1. The molecule has 2 aliphatic rings. The van der Waals surface area contributed by atoms with Crippen LogP contribution in [-0.4, -0.2) is 65.0 Å². The van der Waals surface area contributed by atoms with Crippen molar-refractivity contribution in [2.24, 2.45) is 0 Å². The van der Waals surface area contributed by atoms with Crippen molar-refractivity contribution in [2.75, 3.05) is 19.7 Å². The lowest BCUT2D eigenvalue weighted by molar-refractivity contribution is -0.128. The molecule has 1 N–H and O–H groups in total. The summed E-state index contributed by atoms with van der Waals surface area (Å²) < 4.78 is 6.27. The Morgan fingerprint density at radius 1 is 1.03 bits per heavy atom. The van der Waals surface area contributed by atoms with Gasteiger partial charge in [0.05, 0.1) is 6.61 Å². The van der Waals surface area contributed by atoms with Crippen LogP contribution in [0.1, 0.15) is 65.0 Å². The number of nitrogens with zero attached hydrogens (tertiary/aromatic N) is 2. The molecular weight excluding hydrogens is 442 g/mol. The molecule has 2 heterocycles. The van der Waals surface area contributed by atoms with Crippen molar-refractivity contribution < 1.29 is 19.1 Å². The highest BCUT2D eigenvalue weighted by Gasteiger charge is 2.54. The smallest absolute Gasteiger partial charge is 0.256 e. The van der Waals surface area contributed by atoms with Gasteiger partial charge in [0.15, 0.2) is 0 Å². The zero-order valence-electron chi connectivity index (χ0n) is 21.0. The first kappa shape index (κ1) is 24.9. The molecule has 0 aliphatic carbocycles. The Balaban J connectivity index is 1.58. The van der Waals surface area contributed by atoms with Gasteiger partial charge in [-0.25, -0.2) is 0 Å². The van der Waals surface area contributed by atoms with Gasteiger partial charge in [-0.3, -0.25) is 19.3 Å². The Morgan fingerprint density at radius 2 is 1.69 bits per heavy atom. The zero-order valence-corrected chi connectivity index (χ0v) is 21.0. The second-order valence-electron chi connectivity index (χ2n) is 9.74. The van der Waals surface area contributed by atoms with Crippen molar-refractivity contribution in [1.82, 2.24) is 15.1 Å². The molecule has 0 aromatic heterocycles. The fraction of sp³-hybridized carbons (Fsp3) is 0.464. The molecule has 0 bridgehead atoms. The van der Waals surface area contributed by atoms with Gasteiger partial charge >= 0.3 is 0 Å². The molecule has 0 unspecified atom stereocenters. The van der Waals surface area contributed by atoms with Crippen molar-refractivity contribution in [1.29, 1.82) is 0 Å². The van der Waals surface area contributed by atoms with Crippen LogP contribution in [-0.2, 0) is 9.53 Å². The van der Waals surface area contributed by atoms with Crippen LogP contribution in [0.5, 0.6) is 0 Å². The number of rotatable bonds is 5. The SMILES string of the molecule is CC[C@@H](C)NC(=O)[C@H]1COC2(CCN(C(=O)c3ccccc3C)CC2)N1C(=O)c1ccc(C)cc1. The number of carbonyl (C=O) groups excluding carboxylic acids is 3. The average molecular weight is 478 g/mol. The summed E-state index contributed by atoms with van der Waals surface area (Å²) in [7, 11) is 0. The predicted molar refractivity (Wildman–Crippen MR) is 134 cm³/mol. The van der Waals surface area contributed by atoms with Gasteiger partial charge in [0, 0.05) is 43.1 Å². The maximum absolute atomic E-state index is 13.8. The normalized spacial score (nSPS) is 20.1. The molecule has 35 heavy (non-hydrogen) atoms. The third-order valence-electron chi connectivity index (χ3n) is 7.29. The molecule has 186 valence electrons. The van der Waals surface area contributed by atoms with E-state index in [1.54, 1.807) is 17.0 Å². The molecule has 3 amide bonds. The van der Waals surface area contributed by atoms with E-state index in [4.69, 9.17) is 4.74 Å².